The average molecular weight is 464 g/mol. The molecule has 0 radical (unpaired) electrons. The van der Waals surface area contributed by atoms with Gasteiger partial charge in [0.2, 0.25) is 0 Å². The molecule has 28 heavy (non-hydrogen) atoms. The minimum atomic E-state index is 0. The molecule has 2 aromatic rings. The van der Waals surface area contributed by atoms with Gasteiger partial charge >= 0.3 is 0 Å². The van der Waals surface area contributed by atoms with Gasteiger partial charge in [-0.25, -0.2) is 0 Å². The first-order valence-electron chi connectivity index (χ1n) is 10.0. The number of benzene rings is 2. The van der Waals surface area contributed by atoms with Gasteiger partial charge in [0.1, 0.15) is 5.75 Å². The van der Waals surface area contributed by atoms with E-state index in [2.05, 4.69) is 44.0 Å². The van der Waals surface area contributed by atoms with Crippen LogP contribution in [0.15, 0.2) is 51.9 Å². The van der Waals surface area contributed by atoms with Gasteiger partial charge in [0.15, 0.2) is 0 Å². The zero-order valence-corrected chi connectivity index (χ0v) is 18.5. The van der Waals surface area contributed by atoms with Gasteiger partial charge in [-0.05, 0) is 67.5 Å². The largest absolute Gasteiger partial charge is 0.508 e. The zero-order chi connectivity index (χ0) is 18.7. The monoisotopic (exact) mass is 462 g/mol. The van der Waals surface area contributed by atoms with Crippen LogP contribution in [0.5, 0.6) is 5.75 Å². The highest BCUT2D eigenvalue weighted by molar-refractivity contribution is 9.10. The number of phenols is 1. The van der Waals surface area contributed by atoms with Crippen LogP contribution >= 0.6 is 28.3 Å². The van der Waals surface area contributed by atoms with Gasteiger partial charge < -0.3 is 10.0 Å². The van der Waals surface area contributed by atoms with Crippen molar-refractivity contribution in [2.24, 2.45) is 10.4 Å². The Labute approximate surface area is 182 Å². The van der Waals surface area contributed by atoms with Gasteiger partial charge in [-0.2, -0.15) is 0 Å². The Morgan fingerprint density at radius 2 is 1.61 bits per heavy atom. The summed E-state index contributed by atoms with van der Waals surface area (Å²) in [5.74, 6) is 0.260. The van der Waals surface area contributed by atoms with E-state index in [1.54, 1.807) is 12.1 Å². The first-order valence-corrected chi connectivity index (χ1v) is 10.8. The van der Waals surface area contributed by atoms with Crippen molar-refractivity contribution in [3.05, 3.63) is 52.5 Å². The minimum absolute atomic E-state index is 0. The maximum absolute atomic E-state index is 9.36. The van der Waals surface area contributed by atoms with Crippen molar-refractivity contribution >= 4 is 45.9 Å². The van der Waals surface area contributed by atoms with Crippen molar-refractivity contribution in [1.29, 1.82) is 0 Å². The molecule has 0 atom stereocenters. The van der Waals surface area contributed by atoms with E-state index in [0.717, 1.165) is 15.7 Å². The second-order valence-corrected chi connectivity index (χ2v) is 8.88. The van der Waals surface area contributed by atoms with Crippen molar-refractivity contribution in [3.8, 4) is 5.75 Å². The lowest BCUT2D eigenvalue weighted by Gasteiger charge is -2.45. The number of piperidine rings is 1. The molecule has 0 unspecified atom stereocenters. The predicted molar refractivity (Wildman–Crippen MR) is 124 cm³/mol. The highest BCUT2D eigenvalue weighted by atomic mass is 79.9. The van der Waals surface area contributed by atoms with Gasteiger partial charge in [-0.1, -0.05) is 41.3 Å². The van der Waals surface area contributed by atoms with Crippen LogP contribution in [0.25, 0.3) is 0 Å². The quantitative estimate of drug-likeness (QED) is 0.504. The van der Waals surface area contributed by atoms with Crippen LogP contribution < -0.4 is 4.90 Å². The van der Waals surface area contributed by atoms with Crippen LogP contribution in [0.1, 0.15) is 50.5 Å². The normalized spacial score (nSPS) is 19.0. The maximum Gasteiger partial charge on any atom is 0.115 e. The molecule has 1 saturated heterocycles. The van der Waals surface area contributed by atoms with Crippen LogP contribution in [0.4, 0.5) is 11.4 Å². The Morgan fingerprint density at radius 1 is 0.929 bits per heavy atom. The fraction of sp³-hybridized carbons (Fsp3) is 0.435. The first-order chi connectivity index (χ1) is 13.1. The summed E-state index contributed by atoms with van der Waals surface area (Å²) in [6.45, 7) is 2.35. The third kappa shape index (κ3) is 4.90. The van der Waals surface area contributed by atoms with E-state index in [-0.39, 0.29) is 18.2 Å². The molecule has 1 N–H and O–H groups in total. The Kier molecular flexibility index (Phi) is 7.05. The first kappa shape index (κ1) is 21.2. The van der Waals surface area contributed by atoms with Gasteiger partial charge in [0.25, 0.3) is 0 Å². The summed E-state index contributed by atoms with van der Waals surface area (Å²) in [7, 11) is 0. The molecule has 4 rings (SSSR count). The van der Waals surface area contributed by atoms with Gasteiger partial charge in [-0.3, -0.25) is 4.99 Å². The van der Waals surface area contributed by atoms with E-state index in [9.17, 15) is 5.11 Å². The molecular formula is C23H28BrClN2O. The second kappa shape index (κ2) is 9.32. The minimum Gasteiger partial charge on any atom is -0.508 e. The molecule has 0 bridgehead atoms. The molecule has 2 aromatic carbocycles. The van der Waals surface area contributed by atoms with Crippen molar-refractivity contribution in [1.82, 2.24) is 0 Å². The molecule has 150 valence electrons. The number of phenolic OH excluding ortho intramolecular Hbond substituents is 1. The number of aliphatic imine (C=N–C) groups is 1. The van der Waals surface area contributed by atoms with E-state index in [4.69, 9.17) is 0 Å². The molecule has 2 aliphatic rings. The summed E-state index contributed by atoms with van der Waals surface area (Å²) in [5, 5.41) is 9.36. The van der Waals surface area contributed by atoms with Crippen molar-refractivity contribution < 1.29 is 5.11 Å². The van der Waals surface area contributed by atoms with Crippen molar-refractivity contribution in [3.63, 3.8) is 0 Å². The second-order valence-electron chi connectivity index (χ2n) is 8.03. The molecular weight excluding hydrogens is 436 g/mol. The average Bonchev–Trinajstić information content (AvgIpc) is 2.69. The molecule has 1 saturated carbocycles. The summed E-state index contributed by atoms with van der Waals surface area (Å²) in [6.07, 6.45) is 11.7. The number of hydrogen-bond donors (Lipinski definition) is 1. The van der Waals surface area contributed by atoms with E-state index in [1.807, 2.05) is 18.3 Å². The Hall–Kier alpha value is -1.52. The smallest absolute Gasteiger partial charge is 0.115 e. The third-order valence-corrected chi connectivity index (χ3v) is 6.98. The summed E-state index contributed by atoms with van der Waals surface area (Å²) in [6, 6.07) is 13.5. The predicted octanol–water partition coefficient (Wildman–Crippen LogP) is 6.88. The van der Waals surface area contributed by atoms with Gasteiger partial charge in [0.05, 0.1) is 5.69 Å². The Balaban J connectivity index is 0.00000225. The highest BCUT2D eigenvalue weighted by Gasteiger charge is 2.35. The fourth-order valence-corrected chi connectivity index (χ4v) is 5.01. The van der Waals surface area contributed by atoms with E-state index in [0.29, 0.717) is 5.41 Å². The number of anilines is 1. The number of nitrogens with zero attached hydrogens (tertiary/aromatic N) is 2. The van der Waals surface area contributed by atoms with Gasteiger partial charge in [0, 0.05) is 35.0 Å². The van der Waals surface area contributed by atoms with E-state index in [1.165, 1.54) is 63.7 Å². The molecule has 1 aliphatic heterocycles. The van der Waals surface area contributed by atoms with Crippen LogP contribution in [-0.2, 0) is 0 Å². The summed E-state index contributed by atoms with van der Waals surface area (Å²) >= 11 is 3.71. The van der Waals surface area contributed by atoms with Gasteiger partial charge in [-0.15, -0.1) is 12.4 Å². The summed E-state index contributed by atoms with van der Waals surface area (Å²) in [5.41, 5.74) is 3.84. The third-order valence-electron chi connectivity index (χ3n) is 6.29. The SMILES string of the molecule is Cl.Oc1ccc(N=Cc2ccc(N3CCC4(CCCCC4)CC3)cc2Br)cc1. The lowest BCUT2D eigenvalue weighted by molar-refractivity contribution is 0.144. The highest BCUT2D eigenvalue weighted by Crippen LogP contribution is 2.45. The zero-order valence-electron chi connectivity index (χ0n) is 16.1. The molecule has 0 aromatic heterocycles. The Bertz CT molecular complexity index is 806. The maximum atomic E-state index is 9.36. The van der Waals surface area contributed by atoms with Crippen LogP contribution in [0.3, 0.4) is 0 Å². The number of aromatic hydroxyl groups is 1. The molecule has 5 heteroatoms. The van der Waals surface area contributed by atoms with E-state index >= 15 is 0 Å². The lowest BCUT2D eigenvalue weighted by Crippen LogP contribution is -2.41. The molecule has 2 fully saturated rings. The standard InChI is InChI=1S/C23H27BrN2O.ClH/c24-22-16-20(26-14-12-23(13-15-26)10-2-1-3-11-23)7-4-18(22)17-25-19-5-8-21(27)9-6-19;/h4-9,16-17,27H,1-3,10-15H2;1H. The van der Waals surface area contributed by atoms with Crippen LogP contribution in [0.2, 0.25) is 0 Å². The number of halogens is 2. The number of hydrogen-bond acceptors (Lipinski definition) is 3. The fourth-order valence-electron chi connectivity index (χ4n) is 4.54. The molecule has 3 nitrogen and oxygen atoms in total. The molecule has 1 spiro atoms. The molecule has 0 amide bonds. The van der Waals surface area contributed by atoms with Crippen LogP contribution in [0, 0.1) is 5.41 Å². The van der Waals surface area contributed by atoms with Crippen LogP contribution in [-0.4, -0.2) is 24.4 Å². The molecule has 1 heterocycles. The van der Waals surface area contributed by atoms with Crippen molar-refractivity contribution in [2.45, 2.75) is 44.9 Å². The summed E-state index contributed by atoms with van der Waals surface area (Å²) in [4.78, 5) is 7.03. The van der Waals surface area contributed by atoms with Crippen molar-refractivity contribution in [2.75, 3.05) is 18.0 Å². The van der Waals surface area contributed by atoms with E-state index < -0.39 is 0 Å². The Morgan fingerprint density at radius 3 is 2.25 bits per heavy atom. The number of rotatable bonds is 3. The topological polar surface area (TPSA) is 35.8 Å². The summed E-state index contributed by atoms with van der Waals surface area (Å²) < 4.78 is 1.07. The lowest BCUT2D eigenvalue weighted by atomic mass is 9.68. The molecule has 1 aliphatic carbocycles.